The zero-order valence-electron chi connectivity index (χ0n) is 15.8. The highest BCUT2D eigenvalue weighted by molar-refractivity contribution is 14.0. The molecular weight excluding hydrogens is 443 g/mol. The van der Waals surface area contributed by atoms with Crippen molar-refractivity contribution in [3.63, 3.8) is 0 Å². The summed E-state index contributed by atoms with van der Waals surface area (Å²) in [6, 6.07) is 8.17. The van der Waals surface area contributed by atoms with Crippen LogP contribution < -0.4 is 15.0 Å². The van der Waals surface area contributed by atoms with E-state index in [4.69, 9.17) is 9.73 Å². The number of halogens is 1. The number of para-hydroxylation sites is 2. The summed E-state index contributed by atoms with van der Waals surface area (Å²) in [7, 11) is 1.72. The van der Waals surface area contributed by atoms with Crippen molar-refractivity contribution in [2.45, 2.75) is 31.8 Å². The van der Waals surface area contributed by atoms with E-state index in [1.807, 2.05) is 12.1 Å². The van der Waals surface area contributed by atoms with Crippen LogP contribution in [-0.2, 0) is 0 Å². The maximum absolute atomic E-state index is 10.3. The molecule has 1 heterocycles. The van der Waals surface area contributed by atoms with Crippen molar-refractivity contribution in [1.82, 2.24) is 10.2 Å². The van der Waals surface area contributed by atoms with Crippen LogP contribution in [0.4, 0.5) is 5.69 Å². The van der Waals surface area contributed by atoms with Gasteiger partial charge in [-0.1, -0.05) is 12.1 Å². The molecule has 6 nitrogen and oxygen atoms in total. The third-order valence-corrected chi connectivity index (χ3v) is 5.15. The Morgan fingerprint density at radius 3 is 2.50 bits per heavy atom. The second kappa shape index (κ2) is 9.64. The fraction of sp³-hybridized carbons (Fsp3) is 0.632. The minimum atomic E-state index is -0.570. The van der Waals surface area contributed by atoms with Crippen molar-refractivity contribution in [1.29, 1.82) is 0 Å². The quantitative estimate of drug-likeness (QED) is 0.390. The molecule has 0 bridgehead atoms. The zero-order chi connectivity index (χ0) is 17.7. The number of piperazine rings is 1. The number of hydrogen-bond donors (Lipinski definition) is 2. The highest BCUT2D eigenvalue weighted by Crippen LogP contribution is 2.32. The number of guanidine groups is 1. The van der Waals surface area contributed by atoms with E-state index in [1.54, 1.807) is 7.11 Å². The van der Waals surface area contributed by atoms with Crippen molar-refractivity contribution in [2.24, 2.45) is 4.99 Å². The molecule has 2 fully saturated rings. The van der Waals surface area contributed by atoms with Crippen molar-refractivity contribution in [2.75, 3.05) is 51.3 Å². The molecule has 0 atom stereocenters. The third kappa shape index (κ3) is 4.94. The molecule has 0 radical (unpaired) electrons. The number of nitrogens with zero attached hydrogens (tertiary/aromatic N) is 3. The maximum Gasteiger partial charge on any atom is 0.194 e. The Bertz CT molecular complexity index is 599. The first-order valence-electron chi connectivity index (χ1n) is 9.29. The van der Waals surface area contributed by atoms with Crippen molar-refractivity contribution in [3.8, 4) is 5.75 Å². The van der Waals surface area contributed by atoms with Crippen molar-refractivity contribution >= 4 is 35.6 Å². The van der Waals surface area contributed by atoms with Crippen LogP contribution in [0.5, 0.6) is 5.75 Å². The molecular formula is C19H31IN4O2. The first-order valence-corrected chi connectivity index (χ1v) is 9.29. The van der Waals surface area contributed by atoms with Crippen LogP contribution >= 0.6 is 24.0 Å². The lowest BCUT2D eigenvalue weighted by Gasteiger charge is -2.39. The van der Waals surface area contributed by atoms with Gasteiger partial charge in [-0.15, -0.1) is 24.0 Å². The third-order valence-electron chi connectivity index (χ3n) is 5.15. The number of nitrogens with one attached hydrogen (secondary N) is 1. The molecule has 1 aliphatic heterocycles. The SMILES string of the molecule is CCNC(=NCC1(O)CCC1)N1CCN(c2ccccc2OC)CC1.I. The van der Waals surface area contributed by atoms with Crippen LogP contribution in [0.15, 0.2) is 29.3 Å². The summed E-state index contributed by atoms with van der Waals surface area (Å²) in [4.78, 5) is 9.35. The lowest BCUT2D eigenvalue weighted by Crippen LogP contribution is -2.53. The molecule has 0 amide bonds. The van der Waals surface area contributed by atoms with Crippen molar-refractivity contribution < 1.29 is 9.84 Å². The zero-order valence-corrected chi connectivity index (χ0v) is 18.1. The Morgan fingerprint density at radius 2 is 1.92 bits per heavy atom. The fourth-order valence-electron chi connectivity index (χ4n) is 3.44. The number of anilines is 1. The standard InChI is InChI=1S/C19H30N4O2.HI/c1-3-20-18(21-15-19(24)9-6-10-19)23-13-11-22(12-14-23)16-7-4-5-8-17(16)25-2;/h4-5,7-8,24H,3,6,9-15H2,1-2H3,(H,20,21);1H. The molecule has 1 aromatic rings. The summed E-state index contributed by atoms with van der Waals surface area (Å²) in [5.41, 5.74) is 0.579. The first kappa shape index (κ1) is 21.1. The normalized spacial score (nSPS) is 19.4. The molecule has 2 aliphatic rings. The van der Waals surface area contributed by atoms with Gasteiger partial charge in [0.2, 0.25) is 0 Å². The molecule has 0 spiro atoms. The highest BCUT2D eigenvalue weighted by Gasteiger charge is 2.34. The second-order valence-corrected chi connectivity index (χ2v) is 6.89. The molecule has 3 rings (SSSR count). The number of ether oxygens (including phenoxy) is 1. The van der Waals surface area contributed by atoms with Crippen LogP contribution in [-0.4, -0.2) is 67.9 Å². The number of rotatable bonds is 5. The van der Waals surface area contributed by atoms with Crippen LogP contribution in [0, 0.1) is 0 Å². The highest BCUT2D eigenvalue weighted by atomic mass is 127. The molecule has 26 heavy (non-hydrogen) atoms. The van der Waals surface area contributed by atoms with Gasteiger partial charge < -0.3 is 25.0 Å². The maximum atomic E-state index is 10.3. The lowest BCUT2D eigenvalue weighted by molar-refractivity contribution is -0.0237. The van der Waals surface area contributed by atoms with E-state index in [2.05, 4.69) is 34.2 Å². The monoisotopic (exact) mass is 474 g/mol. The fourth-order valence-corrected chi connectivity index (χ4v) is 3.44. The van der Waals surface area contributed by atoms with Gasteiger partial charge in [-0.25, -0.2) is 0 Å². The Labute approximate surface area is 173 Å². The van der Waals surface area contributed by atoms with Gasteiger partial charge in [0.15, 0.2) is 5.96 Å². The van der Waals surface area contributed by atoms with Crippen LogP contribution in [0.3, 0.4) is 0 Å². The molecule has 1 saturated carbocycles. The molecule has 2 N–H and O–H groups in total. The summed E-state index contributed by atoms with van der Waals surface area (Å²) >= 11 is 0. The molecule has 0 unspecified atom stereocenters. The smallest absolute Gasteiger partial charge is 0.194 e. The Kier molecular flexibility index (Phi) is 7.82. The predicted molar refractivity (Wildman–Crippen MR) is 117 cm³/mol. The first-order chi connectivity index (χ1) is 12.1. The number of hydrogen-bond acceptors (Lipinski definition) is 4. The second-order valence-electron chi connectivity index (χ2n) is 6.89. The van der Waals surface area contributed by atoms with Crippen LogP contribution in [0.1, 0.15) is 26.2 Å². The van der Waals surface area contributed by atoms with E-state index >= 15 is 0 Å². The average Bonchev–Trinajstić information content (AvgIpc) is 2.63. The van der Waals surface area contributed by atoms with Gasteiger partial charge in [-0.3, -0.25) is 4.99 Å². The Balaban J connectivity index is 0.00000243. The molecule has 1 aromatic carbocycles. The van der Waals surface area contributed by atoms with E-state index in [9.17, 15) is 5.11 Å². The van der Waals surface area contributed by atoms with Gasteiger partial charge in [0, 0.05) is 32.7 Å². The Hall–Kier alpha value is -1.22. The molecule has 0 aromatic heterocycles. The number of aliphatic hydroxyl groups is 1. The lowest BCUT2D eigenvalue weighted by atomic mass is 9.80. The molecule has 1 saturated heterocycles. The van der Waals surface area contributed by atoms with Gasteiger partial charge in [-0.05, 0) is 38.3 Å². The van der Waals surface area contributed by atoms with Gasteiger partial charge in [-0.2, -0.15) is 0 Å². The van der Waals surface area contributed by atoms with E-state index < -0.39 is 5.60 Å². The molecule has 146 valence electrons. The summed E-state index contributed by atoms with van der Waals surface area (Å²) < 4.78 is 5.49. The van der Waals surface area contributed by atoms with Crippen molar-refractivity contribution in [3.05, 3.63) is 24.3 Å². The summed E-state index contributed by atoms with van der Waals surface area (Å²) in [6.45, 7) is 7.08. The molecule has 1 aliphatic carbocycles. The number of benzene rings is 1. The number of methoxy groups -OCH3 is 1. The minimum Gasteiger partial charge on any atom is -0.495 e. The molecule has 7 heteroatoms. The van der Waals surface area contributed by atoms with E-state index in [-0.39, 0.29) is 24.0 Å². The summed E-state index contributed by atoms with van der Waals surface area (Å²) in [5.74, 6) is 1.84. The van der Waals surface area contributed by atoms with Crippen LogP contribution in [0.25, 0.3) is 0 Å². The Morgan fingerprint density at radius 1 is 1.23 bits per heavy atom. The van der Waals surface area contributed by atoms with Gasteiger partial charge in [0.05, 0.1) is 24.9 Å². The van der Waals surface area contributed by atoms with Crippen LogP contribution in [0.2, 0.25) is 0 Å². The summed E-state index contributed by atoms with van der Waals surface area (Å²) in [5, 5.41) is 13.7. The topological polar surface area (TPSA) is 60.3 Å². The largest absolute Gasteiger partial charge is 0.495 e. The number of aliphatic imine (C=N–C) groups is 1. The summed E-state index contributed by atoms with van der Waals surface area (Å²) in [6.07, 6.45) is 2.86. The average molecular weight is 474 g/mol. The van der Waals surface area contributed by atoms with Gasteiger partial charge >= 0.3 is 0 Å². The minimum absolute atomic E-state index is 0. The van der Waals surface area contributed by atoms with E-state index in [0.29, 0.717) is 6.54 Å². The van der Waals surface area contributed by atoms with E-state index in [0.717, 1.165) is 69.4 Å². The van der Waals surface area contributed by atoms with E-state index in [1.165, 1.54) is 0 Å². The van der Waals surface area contributed by atoms with Gasteiger partial charge in [0.25, 0.3) is 0 Å². The van der Waals surface area contributed by atoms with Gasteiger partial charge in [0.1, 0.15) is 5.75 Å². The predicted octanol–water partition coefficient (Wildman–Crippen LogP) is 2.32.